The minimum atomic E-state index is -0.616. The van der Waals surface area contributed by atoms with Crippen molar-refractivity contribution in [3.8, 4) is 5.75 Å². The molecule has 3 N–H and O–H groups in total. The van der Waals surface area contributed by atoms with Gasteiger partial charge in [0.2, 0.25) is 5.91 Å². The highest BCUT2D eigenvalue weighted by atomic mass is 35.5. The molecule has 23 heavy (non-hydrogen) atoms. The summed E-state index contributed by atoms with van der Waals surface area (Å²) in [7, 11) is 0. The average molecular weight is 337 g/mol. The van der Waals surface area contributed by atoms with Crippen molar-refractivity contribution in [2.75, 3.05) is 23.8 Å². The van der Waals surface area contributed by atoms with Gasteiger partial charge in [0.1, 0.15) is 18.5 Å². The number of carbonyl (C=O) groups is 1. The Kier molecular flexibility index (Phi) is 7.94. The van der Waals surface area contributed by atoms with Crippen LogP contribution in [0.4, 0.5) is 11.4 Å². The molecule has 0 aromatic heterocycles. The molecule has 0 saturated carbocycles. The number of para-hydroxylation sites is 1. The zero-order chi connectivity index (χ0) is 15.8. The van der Waals surface area contributed by atoms with Crippen molar-refractivity contribution in [3.63, 3.8) is 0 Å². The SMILES string of the molecule is CC(=O)Nc1ccc(NCC(O)COc2ccccc2)cc1.[Cl-].[H+]. The number of halogens is 1. The van der Waals surface area contributed by atoms with Gasteiger partial charge in [0.05, 0.1) is 0 Å². The van der Waals surface area contributed by atoms with E-state index in [2.05, 4.69) is 10.6 Å². The predicted octanol–water partition coefficient (Wildman–Crippen LogP) is -0.387. The van der Waals surface area contributed by atoms with Gasteiger partial charge in [-0.1, -0.05) is 18.2 Å². The molecule has 0 aliphatic rings. The summed E-state index contributed by atoms with van der Waals surface area (Å²) in [5.74, 6) is 0.635. The van der Waals surface area contributed by atoms with Gasteiger partial charge in [-0.05, 0) is 36.4 Å². The molecular weight excluding hydrogens is 316 g/mol. The van der Waals surface area contributed by atoms with Gasteiger partial charge in [0.15, 0.2) is 0 Å². The van der Waals surface area contributed by atoms with Gasteiger partial charge >= 0.3 is 1.43 Å². The Morgan fingerprint density at radius 2 is 1.74 bits per heavy atom. The van der Waals surface area contributed by atoms with Gasteiger partial charge in [-0.3, -0.25) is 4.79 Å². The van der Waals surface area contributed by atoms with Crippen LogP contribution in [-0.4, -0.2) is 30.3 Å². The number of nitrogens with one attached hydrogen (secondary N) is 2. The molecule has 0 fully saturated rings. The number of benzene rings is 2. The molecule has 0 spiro atoms. The molecule has 0 bridgehead atoms. The monoisotopic (exact) mass is 336 g/mol. The van der Waals surface area contributed by atoms with Crippen LogP contribution in [0.3, 0.4) is 0 Å². The first-order valence-electron chi connectivity index (χ1n) is 7.11. The van der Waals surface area contributed by atoms with E-state index in [4.69, 9.17) is 4.74 Å². The summed E-state index contributed by atoms with van der Waals surface area (Å²) in [6.45, 7) is 2.07. The molecule has 0 aliphatic carbocycles. The van der Waals surface area contributed by atoms with Gasteiger partial charge in [-0.2, -0.15) is 0 Å². The molecule has 2 rings (SSSR count). The molecule has 0 aliphatic heterocycles. The Morgan fingerprint density at radius 3 is 2.35 bits per heavy atom. The fraction of sp³-hybridized carbons (Fsp3) is 0.235. The van der Waals surface area contributed by atoms with Crippen LogP contribution in [-0.2, 0) is 4.79 Å². The maximum Gasteiger partial charge on any atom is 1.00 e. The van der Waals surface area contributed by atoms with Crippen molar-refractivity contribution in [1.82, 2.24) is 0 Å². The van der Waals surface area contributed by atoms with E-state index in [9.17, 15) is 9.90 Å². The van der Waals surface area contributed by atoms with Gasteiger partial charge < -0.3 is 32.9 Å². The summed E-state index contributed by atoms with van der Waals surface area (Å²) in [6.07, 6.45) is -0.616. The largest absolute Gasteiger partial charge is 1.00 e. The summed E-state index contributed by atoms with van der Waals surface area (Å²) in [5.41, 5.74) is 1.61. The first-order chi connectivity index (χ1) is 10.6. The summed E-state index contributed by atoms with van der Waals surface area (Å²) < 4.78 is 5.48. The molecule has 1 atom stereocenters. The van der Waals surface area contributed by atoms with E-state index >= 15 is 0 Å². The quantitative estimate of drug-likeness (QED) is 0.644. The van der Waals surface area contributed by atoms with Crippen LogP contribution in [0, 0.1) is 0 Å². The van der Waals surface area contributed by atoms with Gasteiger partial charge in [0, 0.05) is 24.8 Å². The lowest BCUT2D eigenvalue weighted by Gasteiger charge is -2.14. The molecule has 2 aromatic rings. The Hall–Kier alpha value is -2.24. The smallest absolute Gasteiger partial charge is 1.00 e. The number of aliphatic hydroxyl groups excluding tert-OH is 1. The van der Waals surface area contributed by atoms with Crippen LogP contribution in [0.1, 0.15) is 8.35 Å². The van der Waals surface area contributed by atoms with E-state index in [0.717, 1.165) is 17.1 Å². The van der Waals surface area contributed by atoms with Crippen molar-refractivity contribution in [1.29, 1.82) is 0 Å². The Labute approximate surface area is 143 Å². The first-order valence-corrected chi connectivity index (χ1v) is 7.11. The van der Waals surface area contributed by atoms with Crippen molar-refractivity contribution < 1.29 is 28.5 Å². The normalized spacial score (nSPS) is 11.0. The van der Waals surface area contributed by atoms with Crippen molar-refractivity contribution in [2.24, 2.45) is 0 Å². The highest BCUT2D eigenvalue weighted by Crippen LogP contribution is 2.13. The zero-order valence-electron chi connectivity index (χ0n) is 13.8. The standard InChI is InChI=1S/C17H20N2O3.ClH/c1-13(20)19-15-9-7-14(8-10-15)18-11-16(21)12-22-17-5-3-2-4-6-17;/h2-10,16,18,21H,11-12H2,1H3,(H,19,20);1H. The summed E-state index contributed by atoms with van der Waals surface area (Å²) in [6, 6.07) is 16.7. The molecule has 0 radical (unpaired) electrons. The predicted molar refractivity (Wildman–Crippen MR) is 88.3 cm³/mol. The second-order valence-electron chi connectivity index (χ2n) is 4.92. The third kappa shape index (κ3) is 7.04. The fourth-order valence-corrected chi connectivity index (χ4v) is 1.88. The summed E-state index contributed by atoms with van der Waals surface area (Å²) in [5, 5.41) is 15.7. The van der Waals surface area contributed by atoms with Crippen LogP contribution in [0.5, 0.6) is 5.75 Å². The van der Waals surface area contributed by atoms with Crippen LogP contribution >= 0.6 is 0 Å². The molecule has 2 aromatic carbocycles. The zero-order valence-corrected chi connectivity index (χ0v) is 13.6. The van der Waals surface area contributed by atoms with Crippen LogP contribution in [0.15, 0.2) is 54.6 Å². The molecule has 0 heterocycles. The molecule has 1 unspecified atom stereocenters. The summed E-state index contributed by atoms with van der Waals surface area (Å²) in [4.78, 5) is 10.9. The molecule has 124 valence electrons. The molecule has 1 amide bonds. The number of hydrogen-bond acceptors (Lipinski definition) is 4. The van der Waals surface area contributed by atoms with Crippen molar-refractivity contribution in [3.05, 3.63) is 54.6 Å². The maximum absolute atomic E-state index is 10.9. The third-order valence-corrected chi connectivity index (χ3v) is 2.93. The maximum atomic E-state index is 10.9. The van der Waals surface area contributed by atoms with Gasteiger partial charge in [0.25, 0.3) is 0 Å². The molecular formula is C17H21ClN2O3. The number of hydrogen-bond donors (Lipinski definition) is 3. The minimum Gasteiger partial charge on any atom is -1.00 e. The first kappa shape index (κ1) is 18.8. The van der Waals surface area contributed by atoms with Crippen LogP contribution in [0.2, 0.25) is 0 Å². The minimum absolute atomic E-state index is 0. The van der Waals surface area contributed by atoms with Gasteiger partial charge in [-0.25, -0.2) is 0 Å². The number of ether oxygens (including phenoxy) is 1. The molecule has 6 heteroatoms. The molecule has 0 saturated heterocycles. The van der Waals surface area contributed by atoms with Gasteiger partial charge in [-0.15, -0.1) is 0 Å². The second-order valence-corrected chi connectivity index (χ2v) is 4.92. The lowest BCUT2D eigenvalue weighted by Crippen LogP contribution is -3.00. The lowest BCUT2D eigenvalue weighted by atomic mass is 10.2. The lowest BCUT2D eigenvalue weighted by molar-refractivity contribution is -0.114. The van der Waals surface area contributed by atoms with E-state index in [-0.39, 0.29) is 26.3 Å². The topological polar surface area (TPSA) is 70.6 Å². The van der Waals surface area contributed by atoms with E-state index < -0.39 is 6.10 Å². The van der Waals surface area contributed by atoms with Crippen molar-refractivity contribution >= 4 is 17.3 Å². The Morgan fingerprint density at radius 1 is 1.13 bits per heavy atom. The van der Waals surface area contributed by atoms with E-state index in [1.807, 2.05) is 42.5 Å². The second kappa shape index (κ2) is 9.71. The van der Waals surface area contributed by atoms with Crippen LogP contribution < -0.4 is 27.8 Å². The highest BCUT2D eigenvalue weighted by molar-refractivity contribution is 5.88. The number of anilines is 2. The Bertz CT molecular complexity index is 597. The highest BCUT2D eigenvalue weighted by Gasteiger charge is 2.05. The number of amides is 1. The molecule has 5 nitrogen and oxygen atoms in total. The van der Waals surface area contributed by atoms with E-state index in [1.54, 1.807) is 12.1 Å². The number of rotatable bonds is 7. The van der Waals surface area contributed by atoms with Crippen molar-refractivity contribution in [2.45, 2.75) is 13.0 Å². The number of aliphatic hydroxyl groups is 1. The fourth-order valence-electron chi connectivity index (χ4n) is 1.88. The van der Waals surface area contributed by atoms with E-state index in [1.165, 1.54) is 6.92 Å². The third-order valence-electron chi connectivity index (χ3n) is 2.93. The number of carbonyl (C=O) groups excluding carboxylic acids is 1. The van der Waals surface area contributed by atoms with Crippen LogP contribution in [0.25, 0.3) is 0 Å². The van der Waals surface area contributed by atoms with E-state index in [0.29, 0.717) is 6.54 Å². The Balaban J connectivity index is 0.00000264. The summed E-state index contributed by atoms with van der Waals surface area (Å²) >= 11 is 0. The average Bonchev–Trinajstić information content (AvgIpc) is 2.53.